The van der Waals surface area contributed by atoms with Crippen LogP contribution in [-0.2, 0) is 23.8 Å². The highest BCUT2D eigenvalue weighted by atomic mass is 32.2. The second kappa shape index (κ2) is 6.82. The highest BCUT2D eigenvalue weighted by Gasteiger charge is 2.37. The molecule has 1 amide bonds. The number of aliphatic carboxylic acids is 1. The molecule has 1 fully saturated rings. The Morgan fingerprint density at radius 1 is 1.23 bits per heavy atom. The molecule has 128 valence electrons. The van der Waals surface area contributed by atoms with Crippen LogP contribution in [0.3, 0.4) is 0 Å². The van der Waals surface area contributed by atoms with E-state index in [0.29, 0.717) is 12.8 Å². The Morgan fingerprint density at radius 2 is 1.82 bits per heavy atom. The largest absolute Gasteiger partial charge is 0.481 e. The van der Waals surface area contributed by atoms with Crippen molar-refractivity contribution in [2.75, 3.05) is 6.26 Å². The van der Waals surface area contributed by atoms with E-state index < -0.39 is 45.8 Å². The normalized spacial score (nSPS) is 26.3. The molecule has 0 bridgehead atoms. The molecule has 3 atom stereocenters. The highest BCUT2D eigenvalue weighted by Crippen LogP contribution is 2.28. The number of nitrogens with one attached hydrogen (secondary N) is 1. The van der Waals surface area contributed by atoms with Crippen molar-refractivity contribution >= 4 is 22.2 Å². The average molecular weight is 337 g/mol. The summed E-state index contributed by atoms with van der Waals surface area (Å²) in [6.45, 7) is 5.12. The molecule has 0 aromatic heterocycles. The van der Waals surface area contributed by atoms with Crippen molar-refractivity contribution in [3.63, 3.8) is 0 Å². The number of carbonyl (C=O) groups is 2. The molecular formula is C13H23NO7S. The third-order valence-electron chi connectivity index (χ3n) is 3.14. The van der Waals surface area contributed by atoms with Crippen LogP contribution < -0.4 is 5.32 Å². The molecule has 1 aliphatic rings. The topological polar surface area (TPSA) is 119 Å². The standard InChI is InChI=1S/C13H23NO7S/c1-13(2,3)20-12(17)14-9-6-5-8(11(15)16)7-10(9)21-22(4,18)19/h8-10H,5-7H2,1-4H3,(H,14,17)(H,15,16)/t8-,9+,10+/m1/s1. The van der Waals surface area contributed by atoms with Gasteiger partial charge in [0.1, 0.15) is 5.60 Å². The summed E-state index contributed by atoms with van der Waals surface area (Å²) < 4.78 is 32.7. The predicted octanol–water partition coefficient (Wildman–Crippen LogP) is 1.11. The van der Waals surface area contributed by atoms with Gasteiger partial charge in [0, 0.05) is 0 Å². The minimum Gasteiger partial charge on any atom is -0.481 e. The molecule has 1 saturated carbocycles. The number of hydrogen-bond donors (Lipinski definition) is 2. The Bertz CT molecular complexity index is 523. The van der Waals surface area contributed by atoms with Gasteiger partial charge in [-0.25, -0.2) is 4.79 Å². The van der Waals surface area contributed by atoms with Crippen molar-refractivity contribution in [1.29, 1.82) is 0 Å². The summed E-state index contributed by atoms with van der Waals surface area (Å²) in [7, 11) is -3.76. The Morgan fingerprint density at radius 3 is 2.27 bits per heavy atom. The van der Waals surface area contributed by atoms with Gasteiger partial charge >= 0.3 is 12.1 Å². The summed E-state index contributed by atoms with van der Waals surface area (Å²) >= 11 is 0. The van der Waals surface area contributed by atoms with E-state index >= 15 is 0 Å². The lowest BCUT2D eigenvalue weighted by Gasteiger charge is -2.34. The summed E-state index contributed by atoms with van der Waals surface area (Å²) in [5.74, 6) is -1.69. The minimum atomic E-state index is -3.76. The van der Waals surface area contributed by atoms with Gasteiger partial charge in [-0.15, -0.1) is 0 Å². The van der Waals surface area contributed by atoms with Gasteiger partial charge < -0.3 is 15.2 Å². The van der Waals surface area contributed by atoms with E-state index in [1.807, 2.05) is 0 Å². The fourth-order valence-electron chi connectivity index (χ4n) is 2.31. The number of ether oxygens (including phenoxy) is 1. The molecule has 1 aliphatic carbocycles. The van der Waals surface area contributed by atoms with E-state index in [4.69, 9.17) is 14.0 Å². The van der Waals surface area contributed by atoms with Gasteiger partial charge in [0.2, 0.25) is 0 Å². The van der Waals surface area contributed by atoms with E-state index in [2.05, 4.69) is 5.32 Å². The first-order chi connectivity index (χ1) is 9.87. The van der Waals surface area contributed by atoms with Crippen molar-refractivity contribution in [3.8, 4) is 0 Å². The van der Waals surface area contributed by atoms with Gasteiger partial charge in [0.15, 0.2) is 0 Å². The maximum atomic E-state index is 11.8. The summed E-state index contributed by atoms with van der Waals surface area (Å²) in [6.07, 6.45) is -0.0635. The molecule has 22 heavy (non-hydrogen) atoms. The van der Waals surface area contributed by atoms with E-state index in [-0.39, 0.29) is 6.42 Å². The number of carbonyl (C=O) groups excluding carboxylic acids is 1. The van der Waals surface area contributed by atoms with Gasteiger partial charge in [0.25, 0.3) is 10.1 Å². The fourth-order valence-corrected chi connectivity index (χ4v) is 2.97. The molecule has 0 aliphatic heterocycles. The van der Waals surface area contributed by atoms with Crippen molar-refractivity contribution in [1.82, 2.24) is 5.32 Å². The smallest absolute Gasteiger partial charge is 0.407 e. The Balaban J connectivity index is 2.77. The van der Waals surface area contributed by atoms with Gasteiger partial charge in [-0.05, 0) is 40.0 Å². The number of rotatable bonds is 4. The molecule has 1 rings (SSSR count). The van der Waals surface area contributed by atoms with Crippen LogP contribution in [0.1, 0.15) is 40.0 Å². The average Bonchev–Trinajstić information content (AvgIpc) is 2.26. The lowest BCUT2D eigenvalue weighted by atomic mass is 9.84. The summed E-state index contributed by atoms with van der Waals surface area (Å²) in [5, 5.41) is 11.6. The third-order valence-corrected chi connectivity index (χ3v) is 3.74. The van der Waals surface area contributed by atoms with Crippen molar-refractivity contribution in [2.45, 2.75) is 57.8 Å². The molecular weight excluding hydrogens is 314 g/mol. The predicted molar refractivity (Wildman–Crippen MR) is 77.9 cm³/mol. The van der Waals surface area contributed by atoms with Gasteiger partial charge in [0.05, 0.1) is 24.3 Å². The van der Waals surface area contributed by atoms with Crippen LogP contribution in [0.15, 0.2) is 0 Å². The quantitative estimate of drug-likeness (QED) is 0.737. The van der Waals surface area contributed by atoms with Gasteiger partial charge in [-0.3, -0.25) is 8.98 Å². The molecule has 9 heteroatoms. The van der Waals surface area contributed by atoms with E-state index in [0.717, 1.165) is 6.26 Å². The van der Waals surface area contributed by atoms with Crippen LogP contribution in [0.2, 0.25) is 0 Å². The summed E-state index contributed by atoms with van der Waals surface area (Å²) in [6, 6.07) is -0.611. The summed E-state index contributed by atoms with van der Waals surface area (Å²) in [5.41, 5.74) is -0.685. The maximum Gasteiger partial charge on any atom is 0.407 e. The highest BCUT2D eigenvalue weighted by molar-refractivity contribution is 7.86. The number of carboxylic acid groups (broad SMARTS) is 1. The van der Waals surface area contributed by atoms with Crippen LogP contribution in [-0.4, -0.2) is 49.6 Å². The molecule has 0 radical (unpaired) electrons. The monoisotopic (exact) mass is 337 g/mol. The first kappa shape index (κ1) is 18.7. The van der Waals surface area contributed by atoms with Crippen LogP contribution in [0.25, 0.3) is 0 Å². The lowest BCUT2D eigenvalue weighted by Crippen LogP contribution is -2.50. The van der Waals surface area contributed by atoms with Crippen LogP contribution >= 0.6 is 0 Å². The maximum absolute atomic E-state index is 11.8. The Hall–Kier alpha value is -1.35. The van der Waals surface area contributed by atoms with Crippen molar-refractivity contribution in [3.05, 3.63) is 0 Å². The number of carboxylic acids is 1. The molecule has 0 aromatic rings. The van der Waals surface area contributed by atoms with E-state index in [9.17, 15) is 18.0 Å². The zero-order valence-electron chi connectivity index (χ0n) is 13.2. The van der Waals surface area contributed by atoms with E-state index in [1.165, 1.54) is 0 Å². The number of hydrogen-bond acceptors (Lipinski definition) is 6. The molecule has 0 spiro atoms. The molecule has 0 saturated heterocycles. The molecule has 0 aromatic carbocycles. The van der Waals surface area contributed by atoms with E-state index in [1.54, 1.807) is 20.8 Å². The fraction of sp³-hybridized carbons (Fsp3) is 0.846. The third kappa shape index (κ3) is 6.61. The van der Waals surface area contributed by atoms with Crippen molar-refractivity contribution < 1.29 is 32.0 Å². The van der Waals surface area contributed by atoms with Crippen LogP contribution in [0.5, 0.6) is 0 Å². The number of alkyl carbamates (subject to hydrolysis) is 1. The number of amides is 1. The van der Waals surface area contributed by atoms with Crippen LogP contribution in [0, 0.1) is 5.92 Å². The van der Waals surface area contributed by atoms with Gasteiger partial charge in [-0.1, -0.05) is 0 Å². The lowest BCUT2D eigenvalue weighted by molar-refractivity contribution is -0.144. The first-order valence-electron chi connectivity index (χ1n) is 6.98. The zero-order valence-corrected chi connectivity index (χ0v) is 14.0. The molecule has 8 nitrogen and oxygen atoms in total. The molecule has 2 N–H and O–H groups in total. The summed E-state index contributed by atoms with van der Waals surface area (Å²) in [4.78, 5) is 22.9. The molecule has 0 unspecified atom stereocenters. The minimum absolute atomic E-state index is 0.0167. The molecule has 0 heterocycles. The Labute approximate surface area is 130 Å². The van der Waals surface area contributed by atoms with Gasteiger partial charge in [-0.2, -0.15) is 8.42 Å². The first-order valence-corrected chi connectivity index (χ1v) is 8.79. The second-order valence-corrected chi connectivity index (χ2v) is 8.04. The SMILES string of the molecule is CC(C)(C)OC(=O)N[C@H]1CC[C@@H](C(=O)O)C[C@@H]1OS(C)(=O)=O. The Kier molecular flexibility index (Phi) is 5.80. The zero-order chi connectivity index (χ0) is 17.1. The van der Waals surface area contributed by atoms with Crippen molar-refractivity contribution in [2.24, 2.45) is 5.92 Å². The van der Waals surface area contributed by atoms with Crippen LogP contribution in [0.4, 0.5) is 4.79 Å². The second-order valence-electron chi connectivity index (χ2n) is 6.44.